The third kappa shape index (κ3) is 1.80. The van der Waals surface area contributed by atoms with Gasteiger partial charge in [0.05, 0.1) is 11.0 Å². The van der Waals surface area contributed by atoms with Crippen molar-refractivity contribution in [3.05, 3.63) is 29.0 Å². The molecule has 0 bridgehead atoms. The third-order valence-electron chi connectivity index (χ3n) is 3.32. The van der Waals surface area contributed by atoms with Gasteiger partial charge >= 0.3 is 0 Å². The Morgan fingerprint density at radius 2 is 2.24 bits per heavy atom. The number of aromatic nitrogens is 2. The fourth-order valence-electron chi connectivity index (χ4n) is 2.12. The average molecular weight is 257 g/mol. The van der Waals surface area contributed by atoms with Crippen LogP contribution in [-0.2, 0) is 13.5 Å². The van der Waals surface area contributed by atoms with Gasteiger partial charge in [0.1, 0.15) is 5.82 Å². The quantitative estimate of drug-likeness (QED) is 0.805. The Hall–Kier alpha value is -1.16. The molecule has 1 heterocycles. The molecule has 90 valence electrons. The summed E-state index contributed by atoms with van der Waals surface area (Å²) in [5.74, 6) is -2.34. The number of nitrogens with zero attached hydrogens (tertiary/aromatic N) is 2. The lowest BCUT2D eigenvalue weighted by atomic mass is 10.3. The minimum atomic E-state index is -2.49. The van der Waals surface area contributed by atoms with Crippen molar-refractivity contribution in [3.63, 3.8) is 0 Å². The Labute approximate surface area is 102 Å². The summed E-state index contributed by atoms with van der Waals surface area (Å²) < 4.78 is 27.6. The Bertz CT molecular complexity index is 591. The summed E-state index contributed by atoms with van der Waals surface area (Å²) in [5.41, 5.74) is 1.69. The molecule has 1 aliphatic rings. The van der Waals surface area contributed by atoms with Crippen LogP contribution < -0.4 is 0 Å². The maximum atomic E-state index is 12.9. The van der Waals surface area contributed by atoms with Crippen molar-refractivity contribution in [2.24, 2.45) is 13.0 Å². The predicted molar refractivity (Wildman–Crippen MR) is 62.5 cm³/mol. The molecule has 1 aliphatic carbocycles. The first-order valence-corrected chi connectivity index (χ1v) is 5.84. The second kappa shape index (κ2) is 3.42. The van der Waals surface area contributed by atoms with Crippen LogP contribution in [0.1, 0.15) is 12.2 Å². The average Bonchev–Trinajstić information content (AvgIpc) is 2.72. The van der Waals surface area contributed by atoms with E-state index in [0.29, 0.717) is 17.3 Å². The largest absolute Gasteiger partial charge is 0.331 e. The molecule has 0 unspecified atom stereocenters. The molecule has 5 heteroatoms. The zero-order valence-corrected chi connectivity index (χ0v) is 10.0. The van der Waals surface area contributed by atoms with Crippen molar-refractivity contribution in [1.82, 2.24) is 9.55 Å². The Morgan fingerprint density at radius 3 is 2.88 bits per heavy atom. The van der Waals surface area contributed by atoms with Gasteiger partial charge in [0.15, 0.2) is 0 Å². The van der Waals surface area contributed by atoms with Crippen molar-refractivity contribution >= 4 is 22.6 Å². The predicted octanol–water partition coefficient (Wildman–Crippen LogP) is 3.42. The summed E-state index contributed by atoms with van der Waals surface area (Å²) in [6.07, 6.45) is 0.312. The van der Waals surface area contributed by atoms with Gasteiger partial charge in [-0.2, -0.15) is 0 Å². The number of alkyl halides is 2. The van der Waals surface area contributed by atoms with Crippen LogP contribution in [0.15, 0.2) is 18.2 Å². The van der Waals surface area contributed by atoms with Crippen molar-refractivity contribution in [2.75, 3.05) is 0 Å². The lowest BCUT2D eigenvalue weighted by Gasteiger charge is -2.01. The van der Waals surface area contributed by atoms with Crippen LogP contribution in [0.4, 0.5) is 8.78 Å². The van der Waals surface area contributed by atoms with Gasteiger partial charge in [-0.1, -0.05) is 11.6 Å². The van der Waals surface area contributed by atoms with Gasteiger partial charge < -0.3 is 4.57 Å². The first-order chi connectivity index (χ1) is 7.97. The molecule has 0 saturated heterocycles. The zero-order chi connectivity index (χ0) is 12.2. The van der Waals surface area contributed by atoms with Crippen LogP contribution >= 0.6 is 11.6 Å². The van der Waals surface area contributed by atoms with Gasteiger partial charge in [-0.25, -0.2) is 13.8 Å². The van der Waals surface area contributed by atoms with Gasteiger partial charge in [0, 0.05) is 30.8 Å². The summed E-state index contributed by atoms with van der Waals surface area (Å²) >= 11 is 5.87. The maximum Gasteiger partial charge on any atom is 0.252 e. The van der Waals surface area contributed by atoms with Crippen molar-refractivity contribution in [2.45, 2.75) is 18.8 Å². The van der Waals surface area contributed by atoms with E-state index in [0.717, 1.165) is 11.0 Å². The van der Waals surface area contributed by atoms with Crippen LogP contribution in [0, 0.1) is 5.92 Å². The summed E-state index contributed by atoms with van der Waals surface area (Å²) in [7, 11) is 1.85. The van der Waals surface area contributed by atoms with Crippen LogP contribution in [0.25, 0.3) is 11.0 Å². The van der Waals surface area contributed by atoms with E-state index in [1.807, 2.05) is 17.7 Å². The highest BCUT2D eigenvalue weighted by atomic mass is 35.5. The molecule has 1 saturated carbocycles. The van der Waals surface area contributed by atoms with Crippen molar-refractivity contribution in [3.8, 4) is 0 Å². The molecule has 1 atom stereocenters. The van der Waals surface area contributed by atoms with E-state index in [1.54, 1.807) is 12.1 Å². The second-order valence-corrected chi connectivity index (χ2v) is 5.02. The lowest BCUT2D eigenvalue weighted by Crippen LogP contribution is -2.03. The number of aryl methyl sites for hydroxylation is 1. The monoisotopic (exact) mass is 256 g/mol. The van der Waals surface area contributed by atoms with E-state index in [-0.39, 0.29) is 6.42 Å². The lowest BCUT2D eigenvalue weighted by molar-refractivity contribution is 0.0984. The number of hydrogen-bond donors (Lipinski definition) is 0. The van der Waals surface area contributed by atoms with Crippen LogP contribution in [0.5, 0.6) is 0 Å². The summed E-state index contributed by atoms with van der Waals surface area (Å²) in [5, 5.41) is 0.610. The van der Waals surface area contributed by atoms with Crippen LogP contribution in [0.2, 0.25) is 5.02 Å². The van der Waals surface area contributed by atoms with Crippen molar-refractivity contribution < 1.29 is 8.78 Å². The standard InChI is InChI=1S/C12H11ClF2N2/c1-17-10-3-2-8(13)5-9(10)16-11(17)4-7-6-12(7,14)15/h2-3,5,7H,4,6H2,1H3/t7-/m1/s1. The molecule has 1 fully saturated rings. The van der Waals surface area contributed by atoms with E-state index in [2.05, 4.69) is 4.98 Å². The molecule has 17 heavy (non-hydrogen) atoms. The van der Waals surface area contributed by atoms with E-state index in [1.165, 1.54) is 0 Å². The fraction of sp³-hybridized carbons (Fsp3) is 0.417. The number of fused-ring (bicyclic) bond motifs is 1. The summed E-state index contributed by atoms with van der Waals surface area (Å²) in [4.78, 5) is 4.36. The Balaban J connectivity index is 1.97. The highest BCUT2D eigenvalue weighted by Crippen LogP contribution is 2.50. The van der Waals surface area contributed by atoms with Gasteiger partial charge in [0.25, 0.3) is 5.92 Å². The number of imidazole rings is 1. The van der Waals surface area contributed by atoms with Crippen molar-refractivity contribution in [1.29, 1.82) is 0 Å². The van der Waals surface area contributed by atoms with E-state index < -0.39 is 11.8 Å². The molecular formula is C12H11ClF2N2. The smallest absolute Gasteiger partial charge is 0.252 e. The molecule has 0 spiro atoms. The number of benzene rings is 1. The van der Waals surface area contributed by atoms with E-state index in [4.69, 9.17) is 11.6 Å². The highest BCUT2D eigenvalue weighted by Gasteiger charge is 2.56. The number of halogens is 3. The Morgan fingerprint density at radius 1 is 1.53 bits per heavy atom. The number of rotatable bonds is 2. The van der Waals surface area contributed by atoms with Crippen LogP contribution in [0.3, 0.4) is 0 Å². The summed E-state index contributed by atoms with van der Waals surface area (Å²) in [6.45, 7) is 0. The minimum Gasteiger partial charge on any atom is -0.331 e. The SMILES string of the molecule is Cn1c(C[C@@H]2CC2(F)F)nc2cc(Cl)ccc21. The molecule has 1 aromatic heterocycles. The van der Waals surface area contributed by atoms with E-state index in [9.17, 15) is 8.78 Å². The molecule has 1 aromatic carbocycles. The molecule has 2 aromatic rings. The molecular weight excluding hydrogens is 246 g/mol. The highest BCUT2D eigenvalue weighted by molar-refractivity contribution is 6.31. The third-order valence-corrected chi connectivity index (χ3v) is 3.56. The fourth-order valence-corrected chi connectivity index (χ4v) is 2.28. The number of hydrogen-bond acceptors (Lipinski definition) is 1. The molecule has 0 aliphatic heterocycles. The molecule has 0 amide bonds. The molecule has 0 radical (unpaired) electrons. The summed E-state index contributed by atoms with van der Waals surface area (Å²) in [6, 6.07) is 5.39. The maximum absolute atomic E-state index is 12.9. The normalized spacial score (nSPS) is 22.0. The van der Waals surface area contributed by atoms with E-state index >= 15 is 0 Å². The second-order valence-electron chi connectivity index (χ2n) is 4.59. The van der Waals surface area contributed by atoms with Gasteiger partial charge in [-0.3, -0.25) is 0 Å². The molecule has 3 rings (SSSR count). The van der Waals surface area contributed by atoms with Gasteiger partial charge in [-0.15, -0.1) is 0 Å². The first kappa shape index (κ1) is 11.0. The zero-order valence-electron chi connectivity index (χ0n) is 9.25. The molecule has 2 nitrogen and oxygen atoms in total. The van der Waals surface area contributed by atoms with Gasteiger partial charge in [0.2, 0.25) is 0 Å². The van der Waals surface area contributed by atoms with Gasteiger partial charge in [-0.05, 0) is 18.2 Å². The van der Waals surface area contributed by atoms with Crippen LogP contribution in [-0.4, -0.2) is 15.5 Å². The Kier molecular flexibility index (Phi) is 2.20. The topological polar surface area (TPSA) is 17.8 Å². The first-order valence-electron chi connectivity index (χ1n) is 5.46. The minimum absolute atomic E-state index is 0.0169. The molecule has 0 N–H and O–H groups in total.